The number of hydrogen-bond donors (Lipinski definition) is 2. The average Bonchev–Trinajstić information content (AvgIpc) is 3.12. The van der Waals surface area contributed by atoms with Crippen LogP contribution in [0, 0.1) is 17.0 Å². The van der Waals surface area contributed by atoms with Gasteiger partial charge in [0.1, 0.15) is 5.69 Å². The molecule has 10 heteroatoms. The summed E-state index contributed by atoms with van der Waals surface area (Å²) in [5, 5.41) is 19.4. The van der Waals surface area contributed by atoms with Gasteiger partial charge in [-0.3, -0.25) is 19.7 Å². The van der Waals surface area contributed by atoms with E-state index < -0.39 is 10.9 Å². The van der Waals surface area contributed by atoms with E-state index in [9.17, 15) is 14.9 Å². The Labute approximate surface area is 189 Å². The molecule has 4 rings (SSSR count). The number of nitrogens with zero attached hydrogens (tertiary/aromatic N) is 4. The second kappa shape index (κ2) is 9.61. The van der Waals surface area contributed by atoms with Crippen LogP contribution in [0.1, 0.15) is 18.9 Å². The molecule has 0 amide bonds. The molecular formula is C23H25N5O5. The lowest BCUT2D eigenvalue weighted by atomic mass is 10.1. The number of non-ortho nitro benzene ring substituents is 1. The summed E-state index contributed by atoms with van der Waals surface area (Å²) in [6, 6.07) is 10.4. The number of benzene rings is 2. The van der Waals surface area contributed by atoms with E-state index in [0.717, 1.165) is 28.9 Å². The Hall–Kier alpha value is -4.05. The van der Waals surface area contributed by atoms with E-state index in [1.165, 1.54) is 12.1 Å². The topological polar surface area (TPSA) is 146 Å². The predicted octanol–water partition coefficient (Wildman–Crippen LogP) is 3.21. The maximum Gasteiger partial charge on any atom is 0.300 e. The number of carboxylic acid groups (broad SMARTS) is 1. The normalized spacial score (nSPS) is 10.8. The number of nitro benzene ring substituents is 1. The summed E-state index contributed by atoms with van der Waals surface area (Å²) in [6.45, 7) is 4.13. The van der Waals surface area contributed by atoms with E-state index in [-0.39, 0.29) is 11.2 Å². The van der Waals surface area contributed by atoms with Crippen molar-refractivity contribution >= 4 is 33.6 Å². The highest BCUT2D eigenvalue weighted by molar-refractivity contribution is 5.97. The summed E-state index contributed by atoms with van der Waals surface area (Å²) >= 11 is 0. The Bertz CT molecular complexity index is 1420. The third kappa shape index (κ3) is 4.75. The number of carboxylic acids is 1. The van der Waals surface area contributed by atoms with Crippen LogP contribution in [0.5, 0.6) is 0 Å². The van der Waals surface area contributed by atoms with Gasteiger partial charge in [-0.05, 0) is 37.6 Å². The first-order valence-corrected chi connectivity index (χ1v) is 10.3. The molecule has 0 atom stereocenters. The summed E-state index contributed by atoms with van der Waals surface area (Å²) in [4.78, 5) is 37.6. The van der Waals surface area contributed by atoms with Gasteiger partial charge in [-0.15, -0.1) is 0 Å². The number of aliphatic carboxylic acids is 1. The number of fused-ring (bicyclic) bond motifs is 2. The molecule has 4 aromatic rings. The second-order valence-electron chi connectivity index (χ2n) is 7.62. The van der Waals surface area contributed by atoms with Crippen molar-refractivity contribution in [2.75, 3.05) is 6.54 Å². The molecule has 172 valence electrons. The van der Waals surface area contributed by atoms with E-state index in [4.69, 9.17) is 15.6 Å². The monoisotopic (exact) mass is 451 g/mol. The zero-order valence-electron chi connectivity index (χ0n) is 18.6. The standard InChI is InChI=1S/C21H21N5O3.C2H4O2/c1-13-5-3-6-17-20(13)24(2)21(27)19(23-17)16-12-25(10-4-9-22)18-11-14(26(28)29)7-8-15(16)18;1-2(3)4/h3,5-8,11-12H,4,9-10,22H2,1-2H3;1H3,(H,3,4). The Morgan fingerprint density at radius 1 is 1.27 bits per heavy atom. The number of nitrogens with two attached hydrogens (primary N) is 1. The van der Waals surface area contributed by atoms with E-state index in [1.54, 1.807) is 17.7 Å². The zero-order valence-corrected chi connectivity index (χ0v) is 18.6. The minimum absolute atomic E-state index is 0.00569. The number of para-hydroxylation sites is 1. The highest BCUT2D eigenvalue weighted by atomic mass is 16.6. The maximum atomic E-state index is 13.1. The Morgan fingerprint density at radius 3 is 2.61 bits per heavy atom. The number of rotatable bonds is 5. The molecule has 33 heavy (non-hydrogen) atoms. The van der Waals surface area contributed by atoms with Gasteiger partial charge in [-0.25, -0.2) is 4.98 Å². The second-order valence-corrected chi connectivity index (χ2v) is 7.62. The lowest BCUT2D eigenvalue weighted by molar-refractivity contribution is -0.384. The van der Waals surface area contributed by atoms with Crippen molar-refractivity contribution in [3.8, 4) is 11.3 Å². The van der Waals surface area contributed by atoms with Crippen LogP contribution >= 0.6 is 0 Å². The molecule has 2 aromatic carbocycles. The fraction of sp³-hybridized carbons (Fsp3) is 0.261. The van der Waals surface area contributed by atoms with Crippen LogP contribution in [0.4, 0.5) is 5.69 Å². The highest BCUT2D eigenvalue weighted by Gasteiger charge is 2.19. The number of nitro groups is 1. The lowest BCUT2D eigenvalue weighted by Crippen LogP contribution is -2.21. The summed E-state index contributed by atoms with van der Waals surface area (Å²) in [5.41, 5.74) is 9.63. The summed E-state index contributed by atoms with van der Waals surface area (Å²) in [5.74, 6) is -0.833. The number of aryl methyl sites for hydroxylation is 3. The lowest BCUT2D eigenvalue weighted by Gasteiger charge is -2.09. The molecule has 0 aliphatic rings. The molecule has 0 aliphatic heterocycles. The van der Waals surface area contributed by atoms with Crippen LogP contribution in [0.2, 0.25) is 0 Å². The van der Waals surface area contributed by atoms with Gasteiger partial charge in [0, 0.05) is 49.8 Å². The molecule has 2 heterocycles. The van der Waals surface area contributed by atoms with Crippen LogP contribution in [-0.4, -0.2) is 36.7 Å². The minimum atomic E-state index is -0.833. The molecule has 0 unspecified atom stereocenters. The molecule has 2 aromatic heterocycles. The molecule has 0 radical (unpaired) electrons. The van der Waals surface area contributed by atoms with Crippen LogP contribution in [0.15, 0.2) is 47.4 Å². The van der Waals surface area contributed by atoms with Gasteiger partial charge in [0.15, 0.2) is 0 Å². The van der Waals surface area contributed by atoms with Gasteiger partial charge >= 0.3 is 0 Å². The van der Waals surface area contributed by atoms with Crippen LogP contribution in [0.25, 0.3) is 33.2 Å². The van der Waals surface area contributed by atoms with Gasteiger partial charge in [0.05, 0.1) is 21.5 Å². The molecule has 3 N–H and O–H groups in total. The Kier molecular flexibility index (Phi) is 6.88. The number of hydrogen-bond acceptors (Lipinski definition) is 6. The van der Waals surface area contributed by atoms with Gasteiger partial charge < -0.3 is 20.0 Å². The molecule has 0 spiro atoms. The van der Waals surface area contributed by atoms with Gasteiger partial charge in [-0.2, -0.15) is 0 Å². The SMILES string of the molecule is CC(=O)O.Cc1cccc2nc(-c3cn(CCCN)c4cc([N+](=O)[O-])ccc34)c(=O)n(C)c12. The fourth-order valence-corrected chi connectivity index (χ4v) is 3.80. The molecule has 10 nitrogen and oxygen atoms in total. The summed E-state index contributed by atoms with van der Waals surface area (Å²) < 4.78 is 3.52. The first kappa shape index (κ1) is 23.6. The van der Waals surface area contributed by atoms with Crippen LogP contribution < -0.4 is 11.3 Å². The summed E-state index contributed by atoms with van der Waals surface area (Å²) in [6.07, 6.45) is 2.56. The average molecular weight is 451 g/mol. The number of aromatic nitrogens is 3. The predicted molar refractivity (Wildman–Crippen MR) is 126 cm³/mol. The van der Waals surface area contributed by atoms with E-state index in [1.807, 2.05) is 35.9 Å². The van der Waals surface area contributed by atoms with Crippen LogP contribution in [0.3, 0.4) is 0 Å². The van der Waals surface area contributed by atoms with Crippen molar-refractivity contribution in [3.05, 3.63) is 68.6 Å². The van der Waals surface area contributed by atoms with E-state index in [2.05, 4.69) is 4.98 Å². The summed E-state index contributed by atoms with van der Waals surface area (Å²) in [7, 11) is 1.74. The van der Waals surface area contributed by atoms with Crippen molar-refractivity contribution in [2.45, 2.75) is 26.8 Å². The molecule has 0 aliphatic carbocycles. The van der Waals surface area contributed by atoms with Crippen molar-refractivity contribution < 1.29 is 14.8 Å². The van der Waals surface area contributed by atoms with E-state index in [0.29, 0.717) is 36.3 Å². The van der Waals surface area contributed by atoms with Crippen LogP contribution in [-0.2, 0) is 18.4 Å². The van der Waals surface area contributed by atoms with Crippen molar-refractivity contribution in [1.82, 2.24) is 14.1 Å². The largest absolute Gasteiger partial charge is 0.481 e. The molecule has 0 bridgehead atoms. The number of carbonyl (C=O) groups is 1. The third-order valence-electron chi connectivity index (χ3n) is 5.23. The van der Waals surface area contributed by atoms with Crippen molar-refractivity contribution in [3.63, 3.8) is 0 Å². The Balaban J connectivity index is 0.000000709. The smallest absolute Gasteiger partial charge is 0.300 e. The molecular weight excluding hydrogens is 426 g/mol. The van der Waals surface area contributed by atoms with E-state index >= 15 is 0 Å². The van der Waals surface area contributed by atoms with Gasteiger partial charge in [0.2, 0.25) is 0 Å². The quantitative estimate of drug-likeness (QED) is 0.350. The van der Waals surface area contributed by atoms with Gasteiger partial charge in [0.25, 0.3) is 17.2 Å². The highest BCUT2D eigenvalue weighted by Crippen LogP contribution is 2.31. The van der Waals surface area contributed by atoms with Crippen molar-refractivity contribution in [2.24, 2.45) is 12.8 Å². The molecule has 0 saturated carbocycles. The maximum absolute atomic E-state index is 13.1. The first-order valence-electron chi connectivity index (χ1n) is 10.3. The molecule has 0 fully saturated rings. The Morgan fingerprint density at radius 2 is 1.97 bits per heavy atom. The first-order chi connectivity index (χ1) is 15.6. The third-order valence-corrected chi connectivity index (χ3v) is 5.23. The molecule has 0 saturated heterocycles. The van der Waals surface area contributed by atoms with Gasteiger partial charge in [-0.1, -0.05) is 12.1 Å². The zero-order chi connectivity index (χ0) is 24.3. The fourth-order valence-electron chi connectivity index (χ4n) is 3.80. The minimum Gasteiger partial charge on any atom is -0.481 e. The van der Waals surface area contributed by atoms with Crippen molar-refractivity contribution in [1.29, 1.82) is 0 Å².